The molecule has 2 aliphatic heterocycles. The van der Waals surface area contributed by atoms with Gasteiger partial charge in [0.25, 0.3) is 0 Å². The predicted molar refractivity (Wildman–Crippen MR) is 55.2 cm³/mol. The van der Waals surface area contributed by atoms with Crippen LogP contribution in [0.3, 0.4) is 0 Å². The van der Waals surface area contributed by atoms with Gasteiger partial charge < -0.3 is 9.47 Å². The summed E-state index contributed by atoms with van der Waals surface area (Å²) in [6, 6.07) is 0.0594. The number of hydrogen-bond donors (Lipinski definition) is 2. The maximum atomic E-state index is 10.3. The molecule has 3 atom stereocenters. The minimum Gasteiger partial charge on any atom is -0.328 e. The van der Waals surface area contributed by atoms with Crippen molar-refractivity contribution in [2.75, 3.05) is 13.1 Å². The fraction of sp³-hybridized carbons (Fsp3) is 1.00. The molecule has 2 heterocycles. The molecular formula is C9H17N3O4. The summed E-state index contributed by atoms with van der Waals surface area (Å²) in [6.07, 6.45) is 0.106. The molecule has 3 unspecified atom stereocenters. The van der Waals surface area contributed by atoms with Crippen LogP contribution in [0.2, 0.25) is 0 Å². The summed E-state index contributed by atoms with van der Waals surface area (Å²) in [7, 11) is 0. The van der Waals surface area contributed by atoms with Crippen LogP contribution in [-0.4, -0.2) is 42.3 Å². The van der Waals surface area contributed by atoms with Gasteiger partial charge in [-0.15, -0.1) is 0 Å². The van der Waals surface area contributed by atoms with Crippen LogP contribution in [0, 0.1) is 10.1 Å². The van der Waals surface area contributed by atoms with Gasteiger partial charge in [0.1, 0.15) is 0 Å². The van der Waals surface area contributed by atoms with Gasteiger partial charge in [-0.2, -0.15) is 0 Å². The number of hydrogen-bond acceptors (Lipinski definition) is 6. The van der Waals surface area contributed by atoms with Gasteiger partial charge in [-0.3, -0.25) is 20.7 Å². The quantitative estimate of drug-likeness (QED) is 0.510. The van der Waals surface area contributed by atoms with Crippen molar-refractivity contribution in [3.8, 4) is 0 Å². The van der Waals surface area contributed by atoms with Crippen LogP contribution < -0.4 is 10.6 Å². The van der Waals surface area contributed by atoms with Crippen molar-refractivity contribution in [2.45, 2.75) is 44.6 Å². The van der Waals surface area contributed by atoms with Gasteiger partial charge in [0.2, 0.25) is 6.54 Å². The normalized spacial score (nSPS) is 37.0. The number of nitro groups is 1. The van der Waals surface area contributed by atoms with Crippen molar-refractivity contribution in [3.05, 3.63) is 10.1 Å². The summed E-state index contributed by atoms with van der Waals surface area (Å²) in [6.45, 7) is 4.33. The lowest BCUT2D eigenvalue weighted by Gasteiger charge is -2.31. The van der Waals surface area contributed by atoms with E-state index in [1.165, 1.54) is 0 Å². The fourth-order valence-corrected chi connectivity index (χ4v) is 2.03. The van der Waals surface area contributed by atoms with E-state index in [9.17, 15) is 10.1 Å². The summed E-state index contributed by atoms with van der Waals surface area (Å²) in [5.74, 6) is -0.604. The van der Waals surface area contributed by atoms with Crippen LogP contribution in [-0.2, 0) is 9.47 Å². The van der Waals surface area contributed by atoms with Crippen LogP contribution in [0.25, 0.3) is 0 Å². The Kier molecular flexibility index (Phi) is 3.11. The predicted octanol–water partition coefficient (Wildman–Crippen LogP) is -0.350. The fourth-order valence-electron chi connectivity index (χ4n) is 2.03. The maximum Gasteiger partial charge on any atom is 0.205 e. The van der Waals surface area contributed by atoms with Crippen molar-refractivity contribution in [2.24, 2.45) is 0 Å². The molecule has 7 nitrogen and oxygen atoms in total. The first-order chi connectivity index (χ1) is 7.46. The van der Waals surface area contributed by atoms with E-state index in [1.54, 1.807) is 0 Å². The van der Waals surface area contributed by atoms with Gasteiger partial charge in [-0.1, -0.05) is 0 Å². The second-order valence-electron chi connectivity index (χ2n) is 4.59. The molecule has 2 fully saturated rings. The first-order valence-corrected chi connectivity index (χ1v) is 5.43. The molecule has 0 aromatic heterocycles. The molecular weight excluding hydrogens is 214 g/mol. The Bertz CT molecular complexity index is 284. The highest BCUT2D eigenvalue weighted by atomic mass is 16.8. The summed E-state index contributed by atoms with van der Waals surface area (Å²) >= 11 is 0. The molecule has 2 aliphatic rings. The minimum atomic E-state index is -0.604. The second kappa shape index (κ2) is 4.25. The van der Waals surface area contributed by atoms with Crippen molar-refractivity contribution in [3.63, 3.8) is 0 Å². The average molecular weight is 231 g/mol. The number of nitrogens with zero attached hydrogens (tertiary/aromatic N) is 1. The molecule has 16 heavy (non-hydrogen) atoms. The van der Waals surface area contributed by atoms with E-state index < -0.39 is 5.79 Å². The lowest BCUT2D eigenvalue weighted by molar-refractivity contribution is -0.481. The largest absolute Gasteiger partial charge is 0.328 e. The highest BCUT2D eigenvalue weighted by molar-refractivity contribution is 4.87. The van der Waals surface area contributed by atoms with E-state index in [-0.39, 0.29) is 30.0 Å². The Morgan fingerprint density at radius 3 is 2.81 bits per heavy atom. The second-order valence-corrected chi connectivity index (χ2v) is 4.59. The van der Waals surface area contributed by atoms with Gasteiger partial charge in [-0.05, 0) is 13.8 Å². The smallest absolute Gasteiger partial charge is 0.205 e. The van der Waals surface area contributed by atoms with Crippen LogP contribution in [0.4, 0.5) is 0 Å². The maximum absolute atomic E-state index is 10.3. The van der Waals surface area contributed by atoms with Crippen LogP contribution in [0.1, 0.15) is 20.3 Å². The standard InChI is InChI=1S/C9H17N3O4/c1-9(2)15-7-8(16-9)11-6(5-10-7)3-4-12(13)14/h6-8,10-11H,3-5H2,1-2H3. The molecule has 0 saturated carbocycles. The van der Waals surface area contributed by atoms with Crippen molar-refractivity contribution in [1.82, 2.24) is 10.6 Å². The third-order valence-electron chi connectivity index (χ3n) is 2.72. The van der Waals surface area contributed by atoms with Crippen LogP contribution >= 0.6 is 0 Å². The molecule has 7 heteroatoms. The summed E-state index contributed by atoms with van der Waals surface area (Å²) in [4.78, 5) is 9.97. The Hall–Kier alpha value is -0.760. The third kappa shape index (κ3) is 2.67. The number of fused-ring (bicyclic) bond motifs is 1. The zero-order valence-electron chi connectivity index (χ0n) is 9.43. The van der Waals surface area contributed by atoms with Gasteiger partial charge in [0.15, 0.2) is 18.2 Å². The first kappa shape index (κ1) is 11.7. The Morgan fingerprint density at radius 1 is 1.44 bits per heavy atom. The zero-order chi connectivity index (χ0) is 11.8. The van der Waals surface area contributed by atoms with E-state index in [0.29, 0.717) is 13.0 Å². The number of nitrogens with one attached hydrogen (secondary N) is 2. The third-order valence-corrected chi connectivity index (χ3v) is 2.72. The lowest BCUT2D eigenvalue weighted by atomic mass is 10.1. The number of piperazine rings is 1. The van der Waals surface area contributed by atoms with Crippen molar-refractivity contribution < 1.29 is 14.4 Å². The molecule has 0 amide bonds. The highest BCUT2D eigenvalue weighted by Gasteiger charge is 2.44. The lowest BCUT2D eigenvalue weighted by Crippen LogP contribution is -2.59. The van der Waals surface area contributed by atoms with Gasteiger partial charge >= 0.3 is 0 Å². The molecule has 0 bridgehead atoms. The van der Waals surface area contributed by atoms with Gasteiger partial charge in [-0.25, -0.2) is 0 Å². The van der Waals surface area contributed by atoms with Gasteiger partial charge in [0, 0.05) is 23.9 Å². The Labute approximate surface area is 93.6 Å². The summed E-state index contributed by atoms with van der Waals surface area (Å²) in [5, 5.41) is 16.7. The molecule has 0 spiro atoms. The van der Waals surface area contributed by atoms with E-state index in [1.807, 2.05) is 13.8 Å². The number of rotatable bonds is 3. The molecule has 0 aliphatic carbocycles. The molecule has 2 saturated heterocycles. The van der Waals surface area contributed by atoms with Crippen molar-refractivity contribution in [1.29, 1.82) is 0 Å². The minimum absolute atomic E-state index is 0.0268. The molecule has 92 valence electrons. The van der Waals surface area contributed by atoms with E-state index in [0.717, 1.165) is 0 Å². The van der Waals surface area contributed by atoms with E-state index >= 15 is 0 Å². The molecule has 0 aromatic carbocycles. The zero-order valence-corrected chi connectivity index (χ0v) is 9.43. The average Bonchev–Trinajstić information content (AvgIpc) is 2.47. The summed E-state index contributed by atoms with van der Waals surface area (Å²) in [5.41, 5.74) is 0. The molecule has 2 rings (SSSR count). The highest BCUT2D eigenvalue weighted by Crippen LogP contribution is 2.27. The number of ether oxygens (including phenoxy) is 2. The van der Waals surface area contributed by atoms with Gasteiger partial charge in [0.05, 0.1) is 0 Å². The van der Waals surface area contributed by atoms with E-state index in [2.05, 4.69) is 10.6 Å². The topological polar surface area (TPSA) is 85.7 Å². The monoisotopic (exact) mass is 231 g/mol. The first-order valence-electron chi connectivity index (χ1n) is 5.43. The Balaban J connectivity index is 1.84. The SMILES string of the molecule is CC1(C)OC2NCC(CC[N+](=O)[O-])NC2O1. The molecule has 0 radical (unpaired) electrons. The molecule has 2 N–H and O–H groups in total. The van der Waals surface area contributed by atoms with Crippen LogP contribution in [0.15, 0.2) is 0 Å². The Morgan fingerprint density at radius 2 is 2.12 bits per heavy atom. The van der Waals surface area contributed by atoms with E-state index in [4.69, 9.17) is 9.47 Å². The van der Waals surface area contributed by atoms with Crippen LogP contribution in [0.5, 0.6) is 0 Å². The summed E-state index contributed by atoms with van der Waals surface area (Å²) < 4.78 is 11.2. The molecule has 0 aromatic rings. The van der Waals surface area contributed by atoms with Crippen molar-refractivity contribution >= 4 is 0 Å².